The molecule has 0 fully saturated rings. The van der Waals surface area contributed by atoms with Crippen LogP contribution in [0.2, 0.25) is 0 Å². The van der Waals surface area contributed by atoms with Crippen LogP contribution in [0.15, 0.2) is 0 Å². The molecule has 0 unspecified atom stereocenters. The molecule has 0 heterocycles. The monoisotopic (exact) mass is 246 g/mol. The van der Waals surface area contributed by atoms with Crippen molar-refractivity contribution in [3.8, 4) is 0 Å². The van der Waals surface area contributed by atoms with Gasteiger partial charge in [-0.1, -0.05) is 19.8 Å². The van der Waals surface area contributed by atoms with Crippen molar-refractivity contribution in [2.45, 2.75) is 46.5 Å². The Morgan fingerprint density at radius 1 is 0.882 bits per heavy atom. The summed E-state index contributed by atoms with van der Waals surface area (Å²) in [7, 11) is 0. The van der Waals surface area contributed by atoms with Crippen LogP contribution in [-0.2, 0) is 4.74 Å². The Balaban J connectivity index is 3.88. The van der Waals surface area contributed by atoms with Crippen molar-refractivity contribution in [1.82, 2.24) is 0 Å². The topological polar surface area (TPSA) is 29.5 Å². The number of hydrogen-bond donors (Lipinski definition) is 1. The van der Waals surface area contributed by atoms with Crippen LogP contribution in [0.4, 0.5) is 0 Å². The molecule has 0 rings (SSSR count). The lowest BCUT2D eigenvalue weighted by atomic mass is 10.1. The Labute approximate surface area is 107 Å². The van der Waals surface area contributed by atoms with Gasteiger partial charge in [0.2, 0.25) is 0 Å². The minimum absolute atomic E-state index is 0.134. The number of ether oxygens (including phenoxy) is 1. The average Bonchev–Trinajstić information content (AvgIpc) is 2.37. The molecule has 0 atom stereocenters. The van der Waals surface area contributed by atoms with Gasteiger partial charge >= 0.3 is 0 Å². The van der Waals surface area contributed by atoms with Crippen LogP contribution in [0.1, 0.15) is 46.5 Å². The molecule has 0 aliphatic rings. The summed E-state index contributed by atoms with van der Waals surface area (Å²) in [5, 5.41) is 8.68. The van der Waals surface area contributed by atoms with Gasteiger partial charge in [0.25, 0.3) is 0 Å². The lowest BCUT2D eigenvalue weighted by Gasteiger charge is -2.37. The first kappa shape index (κ1) is 16.9. The van der Waals surface area contributed by atoms with E-state index < -0.39 is 0 Å². The fourth-order valence-corrected chi connectivity index (χ4v) is 2.27. The summed E-state index contributed by atoms with van der Waals surface area (Å²) in [5.74, 6) is 0. The molecular weight excluding hydrogens is 214 g/mol. The smallest absolute Gasteiger partial charge is 0.102 e. The molecule has 0 radical (unpaired) electrons. The second-order valence-corrected chi connectivity index (χ2v) is 4.82. The normalized spacial score (nSPS) is 12.0. The highest BCUT2D eigenvalue weighted by molar-refractivity contribution is 4.45. The van der Waals surface area contributed by atoms with E-state index in [-0.39, 0.29) is 6.61 Å². The van der Waals surface area contributed by atoms with Crippen molar-refractivity contribution in [2.24, 2.45) is 0 Å². The number of unbranched alkanes of at least 4 members (excludes halogenated alkanes) is 3. The fourth-order valence-electron chi connectivity index (χ4n) is 2.27. The van der Waals surface area contributed by atoms with Gasteiger partial charge in [-0.15, -0.1) is 0 Å². The Bertz CT molecular complexity index is 144. The van der Waals surface area contributed by atoms with Crippen LogP contribution >= 0.6 is 0 Å². The van der Waals surface area contributed by atoms with Crippen molar-refractivity contribution in [1.29, 1.82) is 0 Å². The molecule has 0 aromatic rings. The minimum atomic E-state index is 0.134. The zero-order valence-electron chi connectivity index (χ0n) is 12.1. The zero-order chi connectivity index (χ0) is 13.0. The third-order valence-electron chi connectivity index (χ3n) is 3.77. The maximum Gasteiger partial charge on any atom is 0.102 e. The van der Waals surface area contributed by atoms with Gasteiger partial charge in [0.1, 0.15) is 6.54 Å². The zero-order valence-corrected chi connectivity index (χ0v) is 12.1. The van der Waals surface area contributed by atoms with Crippen molar-refractivity contribution in [3.05, 3.63) is 0 Å². The molecule has 3 nitrogen and oxygen atoms in total. The highest BCUT2D eigenvalue weighted by atomic mass is 16.5. The molecule has 0 bridgehead atoms. The second-order valence-electron chi connectivity index (χ2n) is 4.82. The van der Waals surface area contributed by atoms with Gasteiger partial charge < -0.3 is 14.3 Å². The summed E-state index contributed by atoms with van der Waals surface area (Å²) >= 11 is 0. The molecule has 1 N–H and O–H groups in total. The van der Waals surface area contributed by atoms with Crippen molar-refractivity contribution < 1.29 is 14.3 Å². The van der Waals surface area contributed by atoms with Crippen molar-refractivity contribution in [3.63, 3.8) is 0 Å². The molecule has 0 aliphatic heterocycles. The fraction of sp³-hybridized carbons (Fsp3) is 1.00. The molecular formula is C14H32NO2+. The lowest BCUT2D eigenvalue weighted by molar-refractivity contribution is -0.925. The Hall–Kier alpha value is -0.120. The number of quaternary nitrogens is 1. The van der Waals surface area contributed by atoms with Crippen LogP contribution in [0.5, 0.6) is 0 Å². The number of aliphatic hydroxyl groups is 1. The third-order valence-corrected chi connectivity index (χ3v) is 3.77. The Morgan fingerprint density at radius 3 is 2.12 bits per heavy atom. The van der Waals surface area contributed by atoms with E-state index in [1.54, 1.807) is 0 Å². The summed E-state index contributed by atoms with van der Waals surface area (Å²) in [5.41, 5.74) is 0. The maximum absolute atomic E-state index is 8.68. The predicted octanol–water partition coefficient (Wildman–Crippen LogP) is 2.43. The van der Waals surface area contributed by atoms with Crippen molar-refractivity contribution in [2.75, 3.05) is 46.0 Å². The second kappa shape index (κ2) is 11.0. The number of rotatable bonds is 12. The van der Waals surface area contributed by atoms with Crippen LogP contribution in [0, 0.1) is 0 Å². The van der Waals surface area contributed by atoms with E-state index in [0.29, 0.717) is 6.61 Å². The van der Waals surface area contributed by atoms with Gasteiger partial charge in [0.05, 0.1) is 39.5 Å². The first-order chi connectivity index (χ1) is 8.24. The minimum Gasteiger partial charge on any atom is -0.394 e. The van der Waals surface area contributed by atoms with E-state index in [1.165, 1.54) is 45.3 Å². The summed E-state index contributed by atoms with van der Waals surface area (Å²) in [6, 6.07) is 0. The molecule has 17 heavy (non-hydrogen) atoms. The van der Waals surface area contributed by atoms with E-state index in [2.05, 4.69) is 20.8 Å². The summed E-state index contributed by atoms with van der Waals surface area (Å²) in [6.45, 7) is 12.9. The molecule has 0 saturated carbocycles. The highest BCUT2D eigenvalue weighted by Gasteiger charge is 2.21. The van der Waals surface area contributed by atoms with Crippen molar-refractivity contribution >= 4 is 0 Å². The lowest BCUT2D eigenvalue weighted by Crippen LogP contribution is -2.50. The van der Waals surface area contributed by atoms with Gasteiger partial charge in [0.15, 0.2) is 0 Å². The first-order valence-corrected chi connectivity index (χ1v) is 7.28. The molecule has 104 valence electrons. The first-order valence-electron chi connectivity index (χ1n) is 7.28. The van der Waals surface area contributed by atoms with E-state index in [1.807, 2.05) is 0 Å². The summed E-state index contributed by atoms with van der Waals surface area (Å²) < 4.78 is 6.57. The average molecular weight is 246 g/mol. The van der Waals surface area contributed by atoms with E-state index in [0.717, 1.165) is 17.6 Å². The Kier molecular flexibility index (Phi) is 10.9. The van der Waals surface area contributed by atoms with Gasteiger partial charge in [0, 0.05) is 0 Å². The molecule has 0 aliphatic carbocycles. The predicted molar refractivity (Wildman–Crippen MR) is 73.1 cm³/mol. The van der Waals surface area contributed by atoms with Gasteiger partial charge in [-0.3, -0.25) is 0 Å². The summed E-state index contributed by atoms with van der Waals surface area (Å²) in [4.78, 5) is 0. The molecule has 0 spiro atoms. The van der Waals surface area contributed by atoms with Crippen LogP contribution in [0.3, 0.4) is 0 Å². The molecule has 3 heteroatoms. The van der Waals surface area contributed by atoms with Crippen LogP contribution < -0.4 is 0 Å². The van der Waals surface area contributed by atoms with Gasteiger partial charge in [-0.25, -0.2) is 0 Å². The van der Waals surface area contributed by atoms with E-state index >= 15 is 0 Å². The van der Waals surface area contributed by atoms with E-state index in [4.69, 9.17) is 9.84 Å². The molecule has 0 amide bonds. The van der Waals surface area contributed by atoms with E-state index in [9.17, 15) is 0 Å². The number of nitrogens with zero attached hydrogens (tertiary/aromatic N) is 1. The molecule has 0 aromatic carbocycles. The highest BCUT2D eigenvalue weighted by Crippen LogP contribution is 2.10. The quantitative estimate of drug-likeness (QED) is 0.423. The largest absolute Gasteiger partial charge is 0.394 e. The SMILES string of the molecule is CCCCCC[N+](CC)(CC)CCOCCO. The van der Waals surface area contributed by atoms with Crippen LogP contribution in [-0.4, -0.2) is 55.6 Å². The number of hydrogen-bond acceptors (Lipinski definition) is 2. The number of aliphatic hydroxyl groups excluding tert-OH is 1. The third kappa shape index (κ3) is 7.74. The summed E-state index contributed by atoms with van der Waals surface area (Å²) in [6.07, 6.45) is 5.34. The standard InChI is InChI=1S/C14H32NO2/c1-4-7-8-9-10-15(5-2,6-3)11-13-17-14-12-16/h16H,4-14H2,1-3H3/q+1. The number of likely N-dealkylation sites (N-methyl/N-ethyl adjacent to an activating group) is 1. The maximum atomic E-state index is 8.68. The van der Waals surface area contributed by atoms with Crippen LogP contribution in [0.25, 0.3) is 0 Å². The van der Waals surface area contributed by atoms with Gasteiger partial charge in [-0.05, 0) is 26.7 Å². The Morgan fingerprint density at radius 2 is 1.59 bits per heavy atom. The molecule has 0 saturated heterocycles. The van der Waals surface area contributed by atoms with Gasteiger partial charge in [-0.2, -0.15) is 0 Å². The molecule has 0 aromatic heterocycles.